The Kier molecular flexibility index (Phi) is 4.51. The van der Waals surface area contributed by atoms with E-state index in [1.54, 1.807) is 6.21 Å². The molecule has 25 heavy (non-hydrogen) atoms. The van der Waals surface area contributed by atoms with Crippen LogP contribution in [0.15, 0.2) is 71.4 Å². The largest absolute Gasteiger partial charge is 0.301 e. The van der Waals surface area contributed by atoms with E-state index in [0.29, 0.717) is 0 Å². The van der Waals surface area contributed by atoms with Crippen molar-refractivity contribution in [3.05, 3.63) is 86.5 Å². The molecule has 0 amide bonds. The minimum absolute atomic E-state index is 0.0921. The molecule has 1 aromatic rings. The number of nitro groups is 2. The number of allylic oxidation sites excluding steroid dienone is 8. The minimum atomic E-state index is -0.682. The van der Waals surface area contributed by atoms with Gasteiger partial charge in [0, 0.05) is 17.9 Å². The number of benzene rings is 1. The van der Waals surface area contributed by atoms with Crippen LogP contribution in [0.2, 0.25) is 0 Å². The van der Waals surface area contributed by atoms with Gasteiger partial charge < -0.3 is 0 Å². The van der Waals surface area contributed by atoms with Gasteiger partial charge in [-0.05, 0) is 11.6 Å². The van der Waals surface area contributed by atoms with Gasteiger partial charge in [0.25, 0.3) is 5.69 Å². The molecule has 0 saturated carbocycles. The van der Waals surface area contributed by atoms with Crippen molar-refractivity contribution in [3.8, 4) is 0 Å². The fourth-order valence-electron chi connectivity index (χ4n) is 2.60. The number of hydrazone groups is 1. The first kappa shape index (κ1) is 16.3. The number of nitrogens with one attached hydrogen (secondary N) is 1. The zero-order valence-electron chi connectivity index (χ0n) is 13.0. The normalized spacial score (nSPS) is 21.0. The van der Waals surface area contributed by atoms with E-state index in [2.05, 4.69) is 28.8 Å². The molecule has 0 aromatic heterocycles. The molecule has 2 atom stereocenters. The molecule has 8 heteroatoms. The van der Waals surface area contributed by atoms with Gasteiger partial charge in [0.1, 0.15) is 5.69 Å². The number of hydrogen-bond acceptors (Lipinski definition) is 6. The molecule has 3 aliphatic carbocycles. The summed E-state index contributed by atoms with van der Waals surface area (Å²) in [5.41, 5.74) is 2.91. The molecule has 1 N–H and O–H groups in total. The van der Waals surface area contributed by atoms with Gasteiger partial charge in [-0.15, -0.1) is 0 Å². The number of anilines is 1. The van der Waals surface area contributed by atoms with E-state index in [-0.39, 0.29) is 23.2 Å². The second-order valence-corrected chi connectivity index (χ2v) is 5.51. The van der Waals surface area contributed by atoms with Gasteiger partial charge in [0.2, 0.25) is 0 Å². The highest BCUT2D eigenvalue weighted by atomic mass is 16.6. The molecule has 8 nitrogen and oxygen atoms in total. The van der Waals surface area contributed by atoms with E-state index >= 15 is 0 Å². The minimum Gasteiger partial charge on any atom is -0.272 e. The second-order valence-electron chi connectivity index (χ2n) is 5.51. The number of hydrogen-bond donors (Lipinski definition) is 1. The third-order valence-electron chi connectivity index (χ3n) is 3.86. The van der Waals surface area contributed by atoms with Crippen molar-refractivity contribution in [3.63, 3.8) is 0 Å². The number of fused-ring (bicyclic) bond motifs is 1. The quantitative estimate of drug-likeness (QED) is 0.380. The van der Waals surface area contributed by atoms with E-state index in [0.717, 1.165) is 11.6 Å². The summed E-state index contributed by atoms with van der Waals surface area (Å²) in [6, 6.07) is 3.37. The smallest absolute Gasteiger partial charge is 0.272 e. The Labute approximate surface area is 142 Å². The van der Waals surface area contributed by atoms with Crippen molar-refractivity contribution in [2.45, 2.75) is 0 Å². The predicted molar refractivity (Wildman–Crippen MR) is 94.3 cm³/mol. The van der Waals surface area contributed by atoms with Crippen molar-refractivity contribution >= 4 is 23.3 Å². The Morgan fingerprint density at radius 1 is 1.04 bits per heavy atom. The molecular weight excluding hydrogens is 324 g/mol. The first-order chi connectivity index (χ1) is 12.0. The van der Waals surface area contributed by atoms with Crippen LogP contribution in [0.1, 0.15) is 0 Å². The van der Waals surface area contributed by atoms with Gasteiger partial charge in [-0.3, -0.25) is 25.7 Å². The maximum absolute atomic E-state index is 11.1. The summed E-state index contributed by atoms with van der Waals surface area (Å²) < 4.78 is 0. The molecule has 3 aliphatic rings. The fourth-order valence-corrected chi connectivity index (χ4v) is 2.60. The van der Waals surface area contributed by atoms with Gasteiger partial charge in [-0.25, -0.2) is 0 Å². The van der Waals surface area contributed by atoms with Crippen LogP contribution in [0.4, 0.5) is 17.1 Å². The lowest BCUT2D eigenvalue weighted by molar-refractivity contribution is -0.393. The molecule has 0 heterocycles. The lowest BCUT2D eigenvalue weighted by Crippen LogP contribution is -2.09. The lowest BCUT2D eigenvalue weighted by Gasteiger charge is -2.18. The average Bonchev–Trinajstić information content (AvgIpc) is 2.55. The summed E-state index contributed by atoms with van der Waals surface area (Å²) in [6.07, 6.45) is 15.9. The molecule has 0 fully saturated rings. The van der Waals surface area contributed by atoms with Crippen molar-refractivity contribution < 1.29 is 9.85 Å². The number of rotatable bonds is 5. The average molecular weight is 338 g/mol. The van der Waals surface area contributed by atoms with Gasteiger partial charge in [-0.2, -0.15) is 5.10 Å². The highest BCUT2D eigenvalue weighted by Crippen LogP contribution is 2.29. The van der Waals surface area contributed by atoms with Crippen LogP contribution in [0, 0.1) is 32.1 Å². The molecule has 0 radical (unpaired) electrons. The van der Waals surface area contributed by atoms with E-state index in [4.69, 9.17) is 0 Å². The maximum Gasteiger partial charge on any atom is 0.301 e. The molecule has 4 rings (SSSR count). The van der Waals surface area contributed by atoms with Crippen LogP contribution in [-0.4, -0.2) is 16.1 Å². The van der Waals surface area contributed by atoms with E-state index < -0.39 is 15.5 Å². The molecule has 2 bridgehead atoms. The molecule has 1 aromatic carbocycles. The van der Waals surface area contributed by atoms with E-state index in [9.17, 15) is 20.2 Å². The molecule has 0 saturated heterocycles. The predicted octanol–water partition coefficient (Wildman–Crippen LogP) is 3.76. The summed E-state index contributed by atoms with van der Waals surface area (Å²) in [4.78, 5) is 20.5. The number of nitro benzene ring substituents is 2. The van der Waals surface area contributed by atoms with Gasteiger partial charge in [-0.1, -0.05) is 42.5 Å². The van der Waals surface area contributed by atoms with Crippen molar-refractivity contribution in [1.82, 2.24) is 0 Å². The van der Waals surface area contributed by atoms with Crippen LogP contribution in [-0.2, 0) is 0 Å². The highest BCUT2D eigenvalue weighted by Gasteiger charge is 2.19. The van der Waals surface area contributed by atoms with Gasteiger partial charge >= 0.3 is 5.69 Å². The van der Waals surface area contributed by atoms with E-state index in [1.165, 1.54) is 12.1 Å². The molecule has 0 unspecified atom stereocenters. The maximum atomic E-state index is 11.1. The van der Waals surface area contributed by atoms with Crippen LogP contribution in [0.25, 0.3) is 0 Å². The van der Waals surface area contributed by atoms with Crippen LogP contribution < -0.4 is 5.43 Å². The molecule has 0 aliphatic heterocycles. The number of non-ortho nitro benzene ring substituents is 1. The summed E-state index contributed by atoms with van der Waals surface area (Å²) in [7, 11) is 0. The molecular formula is C17H14N4O4. The Balaban J connectivity index is 1.80. The fraction of sp³-hybridized carbons (Fsp3) is 0.118. The van der Waals surface area contributed by atoms with E-state index in [1.807, 2.05) is 24.3 Å². The Morgan fingerprint density at radius 2 is 1.84 bits per heavy atom. The monoisotopic (exact) mass is 338 g/mol. The Morgan fingerprint density at radius 3 is 2.60 bits per heavy atom. The van der Waals surface area contributed by atoms with Crippen molar-refractivity contribution in [1.29, 1.82) is 0 Å². The summed E-state index contributed by atoms with van der Waals surface area (Å²) >= 11 is 0. The standard InChI is InChI=1S/C17H14N4O4/c22-20(23)15-7-8-16(17(10-15)21(24)25)19-18-11-14-9-12-3-1-2-4-13(14)6-5-12/h1-13,19H/b3-1?,4-2?,18-11+/t12-,13-/m0/s1. The first-order valence-corrected chi connectivity index (χ1v) is 7.51. The van der Waals surface area contributed by atoms with Crippen molar-refractivity contribution in [2.75, 3.05) is 5.43 Å². The molecule has 0 spiro atoms. The molecule has 126 valence electrons. The Hall–Kier alpha value is -3.55. The summed E-state index contributed by atoms with van der Waals surface area (Å²) in [6.45, 7) is 0. The lowest BCUT2D eigenvalue weighted by atomic mass is 9.87. The van der Waals surface area contributed by atoms with Gasteiger partial charge in [0.05, 0.1) is 22.1 Å². The first-order valence-electron chi connectivity index (χ1n) is 7.51. The van der Waals surface area contributed by atoms with Crippen LogP contribution >= 0.6 is 0 Å². The zero-order chi connectivity index (χ0) is 17.8. The summed E-state index contributed by atoms with van der Waals surface area (Å²) in [5.74, 6) is 0.287. The van der Waals surface area contributed by atoms with Crippen LogP contribution in [0.3, 0.4) is 0 Å². The van der Waals surface area contributed by atoms with Gasteiger partial charge in [0.15, 0.2) is 0 Å². The van der Waals surface area contributed by atoms with Crippen molar-refractivity contribution in [2.24, 2.45) is 16.9 Å². The second kappa shape index (κ2) is 6.91. The third kappa shape index (κ3) is 3.69. The number of nitrogens with zero attached hydrogens (tertiary/aromatic N) is 3. The summed E-state index contributed by atoms with van der Waals surface area (Å²) in [5, 5.41) is 25.9. The Bertz CT molecular complexity index is 867. The third-order valence-corrected chi connectivity index (χ3v) is 3.86. The van der Waals surface area contributed by atoms with Crippen LogP contribution in [0.5, 0.6) is 0 Å². The highest BCUT2D eigenvalue weighted by molar-refractivity contribution is 5.82. The SMILES string of the molecule is O=[N+]([O-])c1ccc(N/N=C/C2=C[C@H]3C=CC=C[C@H]2C=C3)c([N+](=O)[O-])c1. The topological polar surface area (TPSA) is 111 Å². The zero-order valence-corrected chi connectivity index (χ0v) is 13.0.